The van der Waals surface area contributed by atoms with E-state index >= 15 is 0 Å². The first kappa shape index (κ1) is 17.9. The van der Waals surface area contributed by atoms with Gasteiger partial charge in [0.05, 0.1) is 19.7 Å². The van der Waals surface area contributed by atoms with Gasteiger partial charge in [0.25, 0.3) is 0 Å². The summed E-state index contributed by atoms with van der Waals surface area (Å²) in [6, 6.07) is 8.34. The molecule has 24 heavy (non-hydrogen) atoms. The van der Waals surface area contributed by atoms with Gasteiger partial charge >= 0.3 is 0 Å². The molecule has 1 aromatic heterocycles. The number of aliphatic imine (C=N–C) groups is 1. The Balaban J connectivity index is 1.91. The number of aromatic nitrogens is 3. The van der Waals surface area contributed by atoms with Crippen LogP contribution in [0.4, 0.5) is 0 Å². The van der Waals surface area contributed by atoms with Crippen molar-refractivity contribution in [3.63, 3.8) is 0 Å². The van der Waals surface area contributed by atoms with E-state index in [2.05, 4.69) is 50.0 Å². The van der Waals surface area contributed by atoms with E-state index in [4.69, 9.17) is 4.74 Å². The number of ether oxygens (including phenoxy) is 1. The van der Waals surface area contributed by atoms with Crippen molar-refractivity contribution in [1.29, 1.82) is 0 Å². The van der Waals surface area contributed by atoms with E-state index in [-0.39, 0.29) is 0 Å². The third-order valence-electron chi connectivity index (χ3n) is 3.48. The minimum Gasteiger partial charge on any atom is -0.377 e. The molecule has 0 radical (unpaired) electrons. The number of nitrogens with zero attached hydrogens (tertiary/aromatic N) is 4. The maximum absolute atomic E-state index is 5.41. The van der Waals surface area contributed by atoms with E-state index in [1.54, 1.807) is 11.0 Å². The molecule has 1 aromatic carbocycles. The van der Waals surface area contributed by atoms with Crippen LogP contribution in [-0.4, -0.2) is 33.9 Å². The summed E-state index contributed by atoms with van der Waals surface area (Å²) in [5, 5.41) is 10.6. The molecule has 7 nitrogen and oxygen atoms in total. The van der Waals surface area contributed by atoms with Gasteiger partial charge in [-0.25, -0.2) is 9.98 Å². The molecular formula is C17H26N6O. The van der Waals surface area contributed by atoms with Crippen LogP contribution in [-0.2, 0) is 31.5 Å². The SMILES string of the molecule is CCNC(=NCc1ccc(COCC)cc1)NCc1ncnn1C. The molecule has 0 saturated heterocycles. The lowest BCUT2D eigenvalue weighted by Crippen LogP contribution is -2.37. The first-order valence-corrected chi connectivity index (χ1v) is 8.23. The van der Waals surface area contributed by atoms with Crippen LogP contribution >= 0.6 is 0 Å². The molecule has 0 atom stereocenters. The smallest absolute Gasteiger partial charge is 0.191 e. The van der Waals surface area contributed by atoms with Crippen LogP contribution in [0.1, 0.15) is 30.8 Å². The standard InChI is InChI=1S/C17H26N6O/c1-4-18-17(20-11-16-21-13-22-23(16)3)19-10-14-6-8-15(9-7-14)12-24-5-2/h6-9,13H,4-5,10-12H2,1-3H3,(H2,18,19,20). The third-order valence-corrected chi connectivity index (χ3v) is 3.48. The predicted octanol–water partition coefficient (Wildman–Crippen LogP) is 1.61. The van der Waals surface area contributed by atoms with Crippen molar-refractivity contribution in [1.82, 2.24) is 25.4 Å². The Morgan fingerprint density at radius 1 is 1.17 bits per heavy atom. The number of benzene rings is 1. The number of aryl methyl sites for hydroxylation is 1. The zero-order valence-corrected chi connectivity index (χ0v) is 14.6. The summed E-state index contributed by atoms with van der Waals surface area (Å²) in [4.78, 5) is 8.81. The van der Waals surface area contributed by atoms with Crippen molar-refractivity contribution < 1.29 is 4.74 Å². The van der Waals surface area contributed by atoms with Crippen LogP contribution in [0.15, 0.2) is 35.6 Å². The van der Waals surface area contributed by atoms with Crippen LogP contribution < -0.4 is 10.6 Å². The average Bonchev–Trinajstić information content (AvgIpc) is 3.01. The lowest BCUT2D eigenvalue weighted by atomic mass is 10.1. The Morgan fingerprint density at radius 3 is 2.54 bits per heavy atom. The Morgan fingerprint density at radius 2 is 1.92 bits per heavy atom. The normalized spacial score (nSPS) is 11.5. The fraction of sp³-hybridized carbons (Fsp3) is 0.471. The lowest BCUT2D eigenvalue weighted by Gasteiger charge is -2.11. The van der Waals surface area contributed by atoms with Crippen LogP contribution in [0.3, 0.4) is 0 Å². The molecule has 2 rings (SSSR count). The Bertz CT molecular complexity index is 635. The van der Waals surface area contributed by atoms with E-state index in [1.807, 2.05) is 20.9 Å². The van der Waals surface area contributed by atoms with E-state index in [1.165, 1.54) is 5.56 Å². The Labute approximate surface area is 143 Å². The second-order valence-corrected chi connectivity index (χ2v) is 5.30. The minimum atomic E-state index is 0.579. The van der Waals surface area contributed by atoms with Gasteiger partial charge in [-0.2, -0.15) is 5.10 Å². The molecule has 1 heterocycles. The fourth-order valence-electron chi connectivity index (χ4n) is 2.12. The van der Waals surface area contributed by atoms with Crippen LogP contribution in [0.25, 0.3) is 0 Å². The molecule has 0 amide bonds. The Hall–Kier alpha value is -2.41. The van der Waals surface area contributed by atoms with Gasteiger partial charge < -0.3 is 15.4 Å². The molecule has 0 unspecified atom stereocenters. The van der Waals surface area contributed by atoms with E-state index in [0.717, 1.165) is 30.5 Å². The summed E-state index contributed by atoms with van der Waals surface area (Å²) in [6.45, 7) is 7.43. The summed E-state index contributed by atoms with van der Waals surface area (Å²) in [6.07, 6.45) is 1.55. The van der Waals surface area contributed by atoms with Gasteiger partial charge in [-0.3, -0.25) is 4.68 Å². The van der Waals surface area contributed by atoms with Crippen LogP contribution in [0, 0.1) is 0 Å². The number of guanidine groups is 1. The molecule has 2 N–H and O–H groups in total. The zero-order valence-electron chi connectivity index (χ0n) is 14.6. The molecule has 0 aliphatic carbocycles. The molecule has 0 saturated carbocycles. The summed E-state index contributed by atoms with van der Waals surface area (Å²) in [5.74, 6) is 1.62. The van der Waals surface area contributed by atoms with Gasteiger partial charge in [-0.1, -0.05) is 24.3 Å². The second-order valence-electron chi connectivity index (χ2n) is 5.30. The van der Waals surface area contributed by atoms with Crippen LogP contribution in [0.2, 0.25) is 0 Å². The fourth-order valence-corrected chi connectivity index (χ4v) is 2.12. The molecule has 0 aliphatic rings. The van der Waals surface area contributed by atoms with Gasteiger partial charge in [0.1, 0.15) is 12.2 Å². The predicted molar refractivity (Wildman–Crippen MR) is 94.4 cm³/mol. The van der Waals surface area contributed by atoms with Crippen molar-refractivity contribution in [2.75, 3.05) is 13.2 Å². The monoisotopic (exact) mass is 330 g/mol. The van der Waals surface area contributed by atoms with E-state index in [9.17, 15) is 0 Å². The molecule has 130 valence electrons. The molecule has 0 spiro atoms. The zero-order chi connectivity index (χ0) is 17.2. The number of hydrogen-bond donors (Lipinski definition) is 2. The van der Waals surface area contributed by atoms with Crippen molar-refractivity contribution in [3.05, 3.63) is 47.5 Å². The first-order chi connectivity index (χ1) is 11.7. The molecule has 0 aliphatic heterocycles. The second kappa shape index (κ2) is 9.67. The minimum absolute atomic E-state index is 0.579. The lowest BCUT2D eigenvalue weighted by molar-refractivity contribution is 0.134. The first-order valence-electron chi connectivity index (χ1n) is 8.23. The number of hydrogen-bond acceptors (Lipinski definition) is 4. The summed E-state index contributed by atoms with van der Waals surface area (Å²) in [5.41, 5.74) is 2.34. The van der Waals surface area contributed by atoms with Crippen molar-refractivity contribution in [2.24, 2.45) is 12.0 Å². The highest BCUT2D eigenvalue weighted by Crippen LogP contribution is 2.07. The molecule has 0 bridgehead atoms. The highest BCUT2D eigenvalue weighted by Gasteiger charge is 2.03. The Kier molecular flexibility index (Phi) is 7.22. The largest absolute Gasteiger partial charge is 0.377 e. The summed E-state index contributed by atoms with van der Waals surface area (Å²) >= 11 is 0. The topological polar surface area (TPSA) is 76.4 Å². The number of nitrogens with one attached hydrogen (secondary N) is 2. The summed E-state index contributed by atoms with van der Waals surface area (Å²) < 4.78 is 7.15. The molecule has 0 fully saturated rings. The molecular weight excluding hydrogens is 304 g/mol. The molecule has 2 aromatic rings. The maximum Gasteiger partial charge on any atom is 0.191 e. The summed E-state index contributed by atoms with van der Waals surface area (Å²) in [7, 11) is 1.87. The van der Waals surface area contributed by atoms with Crippen LogP contribution in [0.5, 0.6) is 0 Å². The maximum atomic E-state index is 5.41. The van der Waals surface area contributed by atoms with Gasteiger partial charge in [0.15, 0.2) is 5.96 Å². The van der Waals surface area contributed by atoms with Gasteiger partial charge in [-0.05, 0) is 25.0 Å². The van der Waals surface area contributed by atoms with Gasteiger partial charge in [0, 0.05) is 20.2 Å². The van der Waals surface area contributed by atoms with E-state index in [0.29, 0.717) is 19.7 Å². The van der Waals surface area contributed by atoms with Crippen molar-refractivity contribution >= 4 is 5.96 Å². The van der Waals surface area contributed by atoms with Gasteiger partial charge in [0.2, 0.25) is 0 Å². The van der Waals surface area contributed by atoms with Crippen molar-refractivity contribution in [3.8, 4) is 0 Å². The average molecular weight is 330 g/mol. The van der Waals surface area contributed by atoms with Gasteiger partial charge in [-0.15, -0.1) is 0 Å². The highest BCUT2D eigenvalue weighted by atomic mass is 16.5. The van der Waals surface area contributed by atoms with Crippen molar-refractivity contribution in [2.45, 2.75) is 33.5 Å². The number of rotatable bonds is 8. The molecule has 7 heteroatoms. The highest BCUT2D eigenvalue weighted by molar-refractivity contribution is 5.79. The third kappa shape index (κ3) is 5.66. The van der Waals surface area contributed by atoms with E-state index < -0.39 is 0 Å². The quantitative estimate of drug-likeness (QED) is 0.568.